The zero-order valence-electron chi connectivity index (χ0n) is 34.4. The summed E-state index contributed by atoms with van der Waals surface area (Å²) < 4.78 is 125. The van der Waals surface area contributed by atoms with Crippen molar-refractivity contribution in [3.8, 4) is 0 Å². The topological polar surface area (TPSA) is 190 Å². The first kappa shape index (κ1) is 55.6. The Morgan fingerprint density at radius 1 is 0.309 bits per heavy atom. The molecule has 0 radical (unpaired) electrons. The first-order valence-electron chi connectivity index (χ1n) is 19.8. The summed E-state index contributed by atoms with van der Waals surface area (Å²) in [6.07, 6.45) is 8.85. The average Bonchev–Trinajstić information content (AvgIpc) is 3.15. The predicted molar refractivity (Wildman–Crippen MR) is 207 cm³/mol. The second kappa shape index (κ2) is 38.8. The van der Waals surface area contributed by atoms with Crippen molar-refractivity contribution in [3.63, 3.8) is 0 Å². The number of phosphoric ester groups is 3. The van der Waals surface area contributed by atoms with Crippen LogP contribution < -0.4 is 0 Å². The second-order valence-corrected chi connectivity index (χ2v) is 18.8. The fourth-order valence-corrected chi connectivity index (χ4v) is 11.5. The van der Waals surface area contributed by atoms with E-state index in [2.05, 4.69) is 0 Å². The van der Waals surface area contributed by atoms with Gasteiger partial charge in [0.15, 0.2) is 20.4 Å². The molecule has 0 spiro atoms. The quantitative estimate of drug-likeness (QED) is 0.0243. The molecule has 0 bridgehead atoms. The van der Waals surface area contributed by atoms with E-state index in [1.54, 1.807) is 20.8 Å². The highest BCUT2D eigenvalue weighted by atomic mass is 31.2. The van der Waals surface area contributed by atoms with Crippen molar-refractivity contribution in [1.29, 1.82) is 0 Å². The Morgan fingerprint density at radius 3 is 0.782 bits per heavy atom. The highest BCUT2D eigenvalue weighted by Gasteiger charge is 2.53. The van der Waals surface area contributed by atoms with Gasteiger partial charge in [-0.15, -0.1) is 0 Å². The lowest BCUT2D eigenvalue weighted by Gasteiger charge is -2.26. The first-order valence-corrected chi connectivity index (χ1v) is 25.6. The van der Waals surface area contributed by atoms with Gasteiger partial charge in [-0.3, -0.25) is 27.1 Å². The number of rotatable bonds is 45. The fourth-order valence-electron chi connectivity index (χ4n) is 4.17. The number of hydrogen-bond acceptors (Lipinski definition) is 18. The van der Waals surface area contributed by atoms with E-state index < -0.39 is 59.0 Å². The molecule has 0 saturated heterocycles. The van der Waals surface area contributed by atoms with Crippen molar-refractivity contribution < 1.29 is 80.0 Å². The van der Waals surface area contributed by atoms with Gasteiger partial charge in [0.05, 0.1) is 19.8 Å². The fraction of sp³-hybridized carbons (Fsp3) is 1.00. The SMILES string of the molecule is CCOCCCCCCOP(=O)(OCOCC)[O][Al]([O]P(=O)(OCCCCCCOCC)OCOCC)[O]P(=O)(OCCCCCCOCC)OCOCC. The Hall–Kier alpha value is 0.622. The Labute approximate surface area is 336 Å². The molecular weight excluding hydrogens is 804 g/mol. The normalized spacial score (nSPS) is 15.2. The number of hydrogen-bond donors (Lipinski definition) is 0. The Balaban J connectivity index is 6.20. The van der Waals surface area contributed by atoms with Crippen LogP contribution in [0.15, 0.2) is 0 Å². The van der Waals surface area contributed by atoms with Crippen molar-refractivity contribution in [2.75, 3.05) is 99.7 Å². The molecule has 0 N–H and O–H groups in total. The number of unbranched alkanes of at least 4 members (excludes halogenated alkanes) is 9. The standard InChI is InChI=1S/3C11H25O6P.Al/c3*1-3-14-9-7-5-6-8-10-16-18(12,13)17-11-15-4-2;/h3*3-11H2,1-2H3,(H,12,13);/q;;;+3/p-3. The molecule has 3 unspecified atom stereocenters. The van der Waals surface area contributed by atoms with Crippen molar-refractivity contribution in [1.82, 2.24) is 0 Å². The van der Waals surface area contributed by atoms with Gasteiger partial charge < -0.3 is 39.1 Å². The summed E-state index contributed by atoms with van der Waals surface area (Å²) in [5.41, 5.74) is 0. The van der Waals surface area contributed by atoms with Crippen LogP contribution >= 0.6 is 23.5 Å². The molecular formula is C33H72AlO18P3. The van der Waals surface area contributed by atoms with Crippen LogP contribution in [0, 0.1) is 0 Å². The molecule has 55 heavy (non-hydrogen) atoms. The smallest absolute Gasteiger partial charge is 0.382 e. The zero-order chi connectivity index (χ0) is 40.8. The Kier molecular flexibility index (Phi) is 39.2. The lowest BCUT2D eigenvalue weighted by molar-refractivity contribution is -0.0137. The van der Waals surface area contributed by atoms with Crippen molar-refractivity contribution in [2.45, 2.75) is 119 Å². The minimum Gasteiger partial charge on any atom is -0.382 e. The monoisotopic (exact) mass is 876 g/mol. The van der Waals surface area contributed by atoms with E-state index in [1.807, 2.05) is 20.8 Å². The molecule has 0 heterocycles. The van der Waals surface area contributed by atoms with Crippen LogP contribution in [0.25, 0.3) is 0 Å². The second-order valence-electron chi connectivity index (χ2n) is 11.5. The van der Waals surface area contributed by atoms with Gasteiger partial charge in [0.2, 0.25) is 0 Å². The third-order valence-electron chi connectivity index (χ3n) is 7.05. The maximum absolute atomic E-state index is 14.1. The van der Waals surface area contributed by atoms with Gasteiger partial charge in [-0.05, 0) is 80.1 Å². The molecule has 22 heteroatoms. The van der Waals surface area contributed by atoms with Crippen LogP contribution in [0.5, 0.6) is 0 Å². The minimum atomic E-state index is -4.60. The maximum Gasteiger partial charge on any atom is 0.931 e. The van der Waals surface area contributed by atoms with E-state index >= 15 is 0 Å². The third-order valence-corrected chi connectivity index (χ3v) is 15.0. The lowest BCUT2D eigenvalue weighted by Crippen LogP contribution is -2.27. The van der Waals surface area contributed by atoms with Crippen LogP contribution in [-0.4, -0.2) is 115 Å². The van der Waals surface area contributed by atoms with Crippen LogP contribution in [0.4, 0.5) is 0 Å². The van der Waals surface area contributed by atoms with E-state index in [1.165, 1.54) is 0 Å². The summed E-state index contributed by atoms with van der Waals surface area (Å²) in [6, 6.07) is 0. The molecule has 0 rings (SSSR count). The zero-order valence-corrected chi connectivity index (χ0v) is 38.2. The van der Waals surface area contributed by atoms with Gasteiger partial charge in [0.25, 0.3) is 0 Å². The molecule has 3 atom stereocenters. The van der Waals surface area contributed by atoms with Gasteiger partial charge in [0, 0.05) is 59.5 Å². The average molecular weight is 877 g/mol. The van der Waals surface area contributed by atoms with Crippen molar-refractivity contribution in [3.05, 3.63) is 0 Å². The van der Waals surface area contributed by atoms with Crippen LogP contribution in [0.1, 0.15) is 119 Å². The minimum absolute atomic E-state index is 0.0459. The maximum atomic E-state index is 14.1. The van der Waals surface area contributed by atoms with Gasteiger partial charge in [-0.2, -0.15) is 0 Å². The molecule has 0 aromatic heterocycles. The highest BCUT2D eigenvalue weighted by Crippen LogP contribution is 2.59. The Morgan fingerprint density at radius 2 is 0.545 bits per heavy atom. The molecule has 330 valence electrons. The third kappa shape index (κ3) is 34.1. The molecule has 0 amide bonds. The molecule has 0 aliphatic carbocycles. The highest BCUT2D eigenvalue weighted by molar-refractivity contribution is 7.53. The van der Waals surface area contributed by atoms with E-state index in [0.29, 0.717) is 58.9 Å². The van der Waals surface area contributed by atoms with E-state index in [4.69, 9.17) is 66.3 Å². The molecule has 0 fully saturated rings. The molecule has 0 aromatic rings. The molecule has 18 nitrogen and oxygen atoms in total. The van der Waals surface area contributed by atoms with Crippen LogP contribution in [0.3, 0.4) is 0 Å². The summed E-state index contributed by atoms with van der Waals surface area (Å²) in [6.45, 7) is 13.9. The molecule has 0 aliphatic heterocycles. The molecule has 0 aliphatic rings. The van der Waals surface area contributed by atoms with Gasteiger partial charge in [-0.1, -0.05) is 38.5 Å². The van der Waals surface area contributed by atoms with Gasteiger partial charge >= 0.3 is 38.6 Å². The number of phosphoric acid groups is 3. The van der Waals surface area contributed by atoms with Crippen molar-refractivity contribution in [2.24, 2.45) is 0 Å². The van der Waals surface area contributed by atoms with Gasteiger partial charge in [-0.25, -0.2) is 13.7 Å². The van der Waals surface area contributed by atoms with E-state index in [0.717, 1.165) is 57.8 Å². The number of ether oxygens (including phenoxy) is 6. The summed E-state index contributed by atoms with van der Waals surface area (Å²) in [5, 5.41) is 0. The van der Waals surface area contributed by atoms with E-state index in [9.17, 15) is 13.7 Å². The summed E-state index contributed by atoms with van der Waals surface area (Å²) in [4.78, 5) is 0. The molecule has 0 saturated carbocycles. The first-order chi connectivity index (χ1) is 26.6. The lowest BCUT2D eigenvalue weighted by atomic mass is 10.2. The predicted octanol–water partition coefficient (Wildman–Crippen LogP) is 9.22. The summed E-state index contributed by atoms with van der Waals surface area (Å²) in [5.74, 6) is 0. The molecule has 0 aromatic carbocycles. The van der Waals surface area contributed by atoms with Gasteiger partial charge in [0.1, 0.15) is 0 Å². The summed E-state index contributed by atoms with van der Waals surface area (Å²) in [7, 11) is -13.8. The Bertz CT molecular complexity index is 869. The van der Waals surface area contributed by atoms with Crippen LogP contribution in [-0.2, 0) is 80.0 Å². The van der Waals surface area contributed by atoms with E-state index in [-0.39, 0.29) is 39.6 Å². The largest absolute Gasteiger partial charge is 0.931 e. The van der Waals surface area contributed by atoms with Crippen molar-refractivity contribution >= 4 is 38.6 Å². The summed E-state index contributed by atoms with van der Waals surface area (Å²) >= 11 is -4.25. The van der Waals surface area contributed by atoms with Crippen LogP contribution in [0.2, 0.25) is 0 Å².